The van der Waals surface area contributed by atoms with E-state index in [2.05, 4.69) is 6.92 Å². The van der Waals surface area contributed by atoms with E-state index in [1.54, 1.807) is 0 Å². The van der Waals surface area contributed by atoms with E-state index in [-0.39, 0.29) is 31.0 Å². The van der Waals surface area contributed by atoms with Crippen molar-refractivity contribution >= 4 is 10.4 Å². The SMILES string of the molecule is CCCCCCCCCOc1ccccc1.O=S(=O)(O)O.[H-].[Na+]. The minimum Gasteiger partial charge on any atom is -1.00 e. The van der Waals surface area contributed by atoms with Gasteiger partial charge in [0.2, 0.25) is 0 Å². The quantitative estimate of drug-likeness (QED) is 0.401. The Labute approximate surface area is 157 Å². The summed E-state index contributed by atoms with van der Waals surface area (Å²) in [5.74, 6) is 0.994. The molecule has 0 aliphatic rings. The Morgan fingerprint density at radius 1 is 0.955 bits per heavy atom. The molecule has 22 heavy (non-hydrogen) atoms. The average Bonchev–Trinajstić information content (AvgIpc) is 2.41. The van der Waals surface area contributed by atoms with Crippen LogP contribution in [0.5, 0.6) is 5.75 Å². The number of ether oxygens (including phenoxy) is 1. The van der Waals surface area contributed by atoms with E-state index in [1.165, 1.54) is 44.9 Å². The fraction of sp³-hybridized carbons (Fsp3) is 0.600. The summed E-state index contributed by atoms with van der Waals surface area (Å²) in [5.41, 5.74) is 0. The monoisotopic (exact) mass is 342 g/mol. The zero-order valence-electron chi connectivity index (χ0n) is 14.6. The Balaban J connectivity index is -0.000000502. The molecule has 0 saturated carbocycles. The predicted octanol–water partition coefficient (Wildman–Crippen LogP) is 1.28. The summed E-state index contributed by atoms with van der Waals surface area (Å²) in [6.45, 7) is 3.12. The van der Waals surface area contributed by atoms with Gasteiger partial charge in [0.05, 0.1) is 6.61 Å². The van der Waals surface area contributed by atoms with Crippen molar-refractivity contribution in [3.05, 3.63) is 30.3 Å². The molecular formula is C15H27NaO5S. The third-order valence-electron chi connectivity index (χ3n) is 2.76. The second-order valence-corrected chi connectivity index (χ2v) is 5.63. The molecule has 0 spiro atoms. The molecule has 1 aromatic carbocycles. The molecule has 0 aromatic heterocycles. The van der Waals surface area contributed by atoms with Crippen LogP contribution < -0.4 is 34.3 Å². The van der Waals surface area contributed by atoms with Crippen LogP contribution in [0, 0.1) is 0 Å². The van der Waals surface area contributed by atoms with Crippen molar-refractivity contribution in [1.29, 1.82) is 0 Å². The average molecular weight is 342 g/mol. The third-order valence-corrected chi connectivity index (χ3v) is 2.76. The molecule has 0 atom stereocenters. The van der Waals surface area contributed by atoms with Crippen molar-refractivity contribution < 1.29 is 53.2 Å². The van der Waals surface area contributed by atoms with Crippen LogP contribution in [0.2, 0.25) is 0 Å². The van der Waals surface area contributed by atoms with Crippen molar-refractivity contribution in [1.82, 2.24) is 0 Å². The summed E-state index contributed by atoms with van der Waals surface area (Å²) < 4.78 is 37.2. The van der Waals surface area contributed by atoms with Gasteiger partial charge in [0.25, 0.3) is 0 Å². The Morgan fingerprint density at radius 2 is 1.41 bits per heavy atom. The first-order valence-electron chi connectivity index (χ1n) is 7.31. The number of rotatable bonds is 9. The first-order valence-corrected chi connectivity index (χ1v) is 8.71. The Bertz CT molecular complexity index is 434. The number of benzene rings is 1. The predicted molar refractivity (Wildman–Crippen MR) is 85.2 cm³/mol. The molecule has 2 N–H and O–H groups in total. The van der Waals surface area contributed by atoms with Crippen LogP contribution >= 0.6 is 0 Å². The summed E-state index contributed by atoms with van der Waals surface area (Å²) in [6.07, 6.45) is 9.35. The van der Waals surface area contributed by atoms with Crippen molar-refractivity contribution in [2.45, 2.75) is 51.9 Å². The van der Waals surface area contributed by atoms with E-state index < -0.39 is 10.4 Å². The Hall–Kier alpha value is -0.110. The fourth-order valence-electron chi connectivity index (χ4n) is 1.77. The van der Waals surface area contributed by atoms with Crippen LogP contribution in [-0.2, 0) is 10.4 Å². The summed E-state index contributed by atoms with van der Waals surface area (Å²) in [4.78, 5) is 0. The van der Waals surface area contributed by atoms with Crippen LogP contribution in [0.1, 0.15) is 53.3 Å². The van der Waals surface area contributed by atoms with Gasteiger partial charge >= 0.3 is 40.0 Å². The normalized spacial score (nSPS) is 10.1. The van der Waals surface area contributed by atoms with E-state index in [0.29, 0.717) is 0 Å². The van der Waals surface area contributed by atoms with Crippen LogP contribution in [0.25, 0.3) is 0 Å². The van der Waals surface area contributed by atoms with Gasteiger partial charge in [-0.1, -0.05) is 63.6 Å². The third kappa shape index (κ3) is 22.2. The van der Waals surface area contributed by atoms with E-state index in [1.807, 2.05) is 30.3 Å². The Morgan fingerprint density at radius 3 is 1.91 bits per heavy atom. The maximum Gasteiger partial charge on any atom is 1.00 e. The van der Waals surface area contributed by atoms with Gasteiger partial charge in [0.15, 0.2) is 0 Å². The van der Waals surface area contributed by atoms with Gasteiger partial charge < -0.3 is 6.16 Å². The Kier molecular flexibility index (Phi) is 17.3. The van der Waals surface area contributed by atoms with Crippen LogP contribution in [0.15, 0.2) is 30.3 Å². The topological polar surface area (TPSA) is 83.8 Å². The van der Waals surface area contributed by atoms with Crippen molar-refractivity contribution in [2.24, 2.45) is 0 Å². The van der Waals surface area contributed by atoms with Gasteiger partial charge in [-0.15, -0.1) is 0 Å². The van der Waals surface area contributed by atoms with Crippen molar-refractivity contribution in [2.75, 3.05) is 6.61 Å². The second-order valence-electron chi connectivity index (χ2n) is 4.73. The van der Waals surface area contributed by atoms with Gasteiger partial charge in [-0.05, 0) is 18.6 Å². The van der Waals surface area contributed by atoms with Gasteiger partial charge in [-0.3, -0.25) is 9.11 Å². The number of para-hydroxylation sites is 1. The smallest absolute Gasteiger partial charge is 1.00 e. The molecule has 1 rings (SSSR count). The minimum absolute atomic E-state index is 0. The molecule has 0 saturated heterocycles. The van der Waals surface area contributed by atoms with Crippen molar-refractivity contribution in [3.8, 4) is 5.75 Å². The molecular weight excluding hydrogens is 315 g/mol. The minimum atomic E-state index is -4.67. The molecule has 0 aliphatic heterocycles. The molecule has 124 valence electrons. The van der Waals surface area contributed by atoms with Gasteiger partial charge in [0.1, 0.15) is 5.75 Å². The largest absolute Gasteiger partial charge is 1.00 e. The molecule has 5 nitrogen and oxygen atoms in total. The molecule has 0 aliphatic carbocycles. The van der Waals surface area contributed by atoms with E-state index >= 15 is 0 Å². The molecule has 0 unspecified atom stereocenters. The summed E-state index contributed by atoms with van der Waals surface area (Å²) in [5, 5.41) is 0. The summed E-state index contributed by atoms with van der Waals surface area (Å²) in [6, 6.07) is 10.1. The summed E-state index contributed by atoms with van der Waals surface area (Å²) >= 11 is 0. The number of hydrogen-bond donors (Lipinski definition) is 2. The van der Waals surface area contributed by atoms with E-state index in [0.717, 1.165) is 12.4 Å². The molecule has 0 heterocycles. The molecule has 0 fully saturated rings. The first-order chi connectivity index (χ1) is 9.93. The van der Waals surface area contributed by atoms with E-state index in [9.17, 15) is 0 Å². The van der Waals surface area contributed by atoms with E-state index in [4.69, 9.17) is 22.3 Å². The van der Waals surface area contributed by atoms with Gasteiger partial charge in [0, 0.05) is 0 Å². The standard InChI is InChI=1S/C15H24O.Na.H2O4S.H/c1-2-3-4-5-6-7-11-14-16-15-12-9-8-10-13-15;;1-5(2,3)4;/h8-10,12-13H,2-7,11,14H2,1H3;;(H2,1,2,3,4);/q;+1;;-1. The zero-order chi connectivity index (χ0) is 16.0. The molecule has 0 amide bonds. The first kappa shape index (κ1) is 24.1. The molecule has 7 heteroatoms. The van der Waals surface area contributed by atoms with Crippen LogP contribution in [-0.4, -0.2) is 24.1 Å². The van der Waals surface area contributed by atoms with Gasteiger partial charge in [-0.25, -0.2) is 0 Å². The maximum atomic E-state index is 8.74. The van der Waals surface area contributed by atoms with Crippen molar-refractivity contribution in [3.63, 3.8) is 0 Å². The summed E-state index contributed by atoms with van der Waals surface area (Å²) in [7, 11) is -4.67. The molecule has 1 aromatic rings. The second kappa shape index (κ2) is 15.8. The fourth-order valence-corrected chi connectivity index (χ4v) is 1.77. The maximum absolute atomic E-state index is 8.74. The number of unbranched alkanes of at least 4 members (excludes halogenated alkanes) is 6. The van der Waals surface area contributed by atoms with Gasteiger partial charge in [-0.2, -0.15) is 8.42 Å². The van der Waals surface area contributed by atoms with Crippen LogP contribution in [0.3, 0.4) is 0 Å². The number of hydrogen-bond acceptors (Lipinski definition) is 3. The zero-order valence-corrected chi connectivity index (χ0v) is 16.4. The molecule has 0 bridgehead atoms. The molecule has 0 radical (unpaired) electrons. The van der Waals surface area contributed by atoms with Crippen LogP contribution in [0.4, 0.5) is 0 Å².